The Morgan fingerprint density at radius 2 is 1.93 bits per heavy atom. The van der Waals surface area contributed by atoms with Crippen molar-refractivity contribution in [2.24, 2.45) is 5.10 Å². The molecule has 0 saturated heterocycles. The van der Waals surface area contributed by atoms with Crippen molar-refractivity contribution in [1.29, 1.82) is 0 Å². The van der Waals surface area contributed by atoms with E-state index in [4.69, 9.17) is 26.4 Å². The number of aromatic amines is 1. The Morgan fingerprint density at radius 3 is 2.57 bits per heavy atom. The predicted octanol–water partition coefficient (Wildman–Crippen LogP) is 3.61. The number of nitrogens with one attached hydrogen (secondary N) is 1. The number of rotatable bonds is 7. The highest BCUT2D eigenvalue weighted by Crippen LogP contribution is 2.36. The number of aromatic hydroxyl groups is 1. The fourth-order valence-corrected chi connectivity index (χ4v) is 2.77. The van der Waals surface area contributed by atoms with Crippen molar-refractivity contribution in [2.45, 2.75) is 6.92 Å². The van der Waals surface area contributed by atoms with E-state index < -0.39 is 0 Å². The summed E-state index contributed by atoms with van der Waals surface area (Å²) in [5, 5.41) is 21.5. The molecular formula is C19H20N4O4S. The molecule has 9 heteroatoms. The van der Waals surface area contributed by atoms with Crippen molar-refractivity contribution < 1.29 is 19.3 Å². The van der Waals surface area contributed by atoms with Crippen LogP contribution in [-0.4, -0.2) is 47.0 Å². The van der Waals surface area contributed by atoms with Crippen LogP contribution in [-0.2, 0) is 0 Å². The van der Waals surface area contributed by atoms with E-state index in [0.29, 0.717) is 22.8 Å². The van der Waals surface area contributed by atoms with E-state index in [1.165, 1.54) is 18.9 Å². The Bertz CT molecular complexity index is 1030. The normalized spacial score (nSPS) is 11.0. The minimum atomic E-state index is -0.0736. The fourth-order valence-electron chi connectivity index (χ4n) is 2.59. The second kappa shape index (κ2) is 8.57. The van der Waals surface area contributed by atoms with Gasteiger partial charge in [0.2, 0.25) is 10.5 Å². The predicted molar refractivity (Wildman–Crippen MR) is 108 cm³/mol. The molecule has 1 heterocycles. The van der Waals surface area contributed by atoms with Gasteiger partial charge in [0.05, 0.1) is 27.0 Å². The first kappa shape index (κ1) is 19.4. The average Bonchev–Trinajstić information content (AvgIpc) is 3.08. The second-order valence-electron chi connectivity index (χ2n) is 5.64. The van der Waals surface area contributed by atoms with E-state index in [9.17, 15) is 5.11 Å². The molecule has 3 rings (SSSR count). The molecule has 0 unspecified atom stereocenters. The number of hydrogen-bond donors (Lipinski definition) is 2. The summed E-state index contributed by atoms with van der Waals surface area (Å²) >= 11 is 5.30. The lowest BCUT2D eigenvalue weighted by atomic mass is 10.2. The molecule has 1 aromatic heterocycles. The van der Waals surface area contributed by atoms with Gasteiger partial charge in [0, 0.05) is 11.1 Å². The van der Waals surface area contributed by atoms with E-state index in [1.54, 1.807) is 18.3 Å². The largest absolute Gasteiger partial charge is 0.502 e. The van der Waals surface area contributed by atoms with E-state index in [0.717, 1.165) is 11.3 Å². The first-order valence-electron chi connectivity index (χ1n) is 8.47. The standard InChI is InChI=1S/C19H20N4O4S/c1-4-27-14-7-5-6-13(10-14)18-21-22-19(28)23(18)20-11-12-8-15(25-2)17(24)16(9-12)26-3/h5-11,24H,4H2,1-3H3,(H,22,28)/b20-11-. The lowest BCUT2D eigenvalue weighted by molar-refractivity contribution is 0.340. The maximum Gasteiger partial charge on any atom is 0.216 e. The van der Waals surface area contributed by atoms with Crippen LogP contribution in [0.25, 0.3) is 11.4 Å². The fraction of sp³-hybridized carbons (Fsp3) is 0.211. The summed E-state index contributed by atoms with van der Waals surface area (Å²) in [4.78, 5) is 0. The smallest absolute Gasteiger partial charge is 0.216 e. The van der Waals surface area contributed by atoms with Crippen molar-refractivity contribution in [1.82, 2.24) is 14.9 Å². The first-order valence-corrected chi connectivity index (χ1v) is 8.88. The molecule has 0 aliphatic heterocycles. The maximum atomic E-state index is 10.0. The van der Waals surface area contributed by atoms with Gasteiger partial charge >= 0.3 is 0 Å². The van der Waals surface area contributed by atoms with Gasteiger partial charge in [-0.1, -0.05) is 12.1 Å². The molecule has 2 N–H and O–H groups in total. The SMILES string of the molecule is CCOc1cccc(-c2n[nH]c(=S)n2/N=C\c2cc(OC)c(O)c(OC)c2)c1. The topological polar surface area (TPSA) is 93.9 Å². The maximum absolute atomic E-state index is 10.0. The van der Waals surface area contributed by atoms with Crippen molar-refractivity contribution >= 4 is 18.4 Å². The molecule has 0 fully saturated rings. The minimum Gasteiger partial charge on any atom is -0.502 e. The molecule has 8 nitrogen and oxygen atoms in total. The molecule has 0 aliphatic rings. The number of ether oxygens (including phenoxy) is 3. The number of phenols is 1. The summed E-state index contributed by atoms with van der Waals surface area (Å²) in [6.45, 7) is 2.49. The van der Waals surface area contributed by atoms with Crippen LogP contribution in [0.5, 0.6) is 23.0 Å². The third-order valence-electron chi connectivity index (χ3n) is 3.88. The Kier molecular flexibility index (Phi) is 5.95. The summed E-state index contributed by atoms with van der Waals surface area (Å²) in [7, 11) is 2.93. The van der Waals surface area contributed by atoms with Crippen molar-refractivity contribution in [2.75, 3.05) is 20.8 Å². The first-order chi connectivity index (χ1) is 13.6. The average molecular weight is 400 g/mol. The molecule has 0 radical (unpaired) electrons. The van der Waals surface area contributed by atoms with Gasteiger partial charge in [-0.15, -0.1) is 0 Å². The summed E-state index contributed by atoms with van der Waals surface area (Å²) in [5.74, 6) is 1.76. The Balaban J connectivity index is 1.99. The Morgan fingerprint density at radius 1 is 1.21 bits per heavy atom. The van der Waals surface area contributed by atoms with Gasteiger partial charge in [0.15, 0.2) is 17.3 Å². The van der Waals surface area contributed by atoms with E-state index >= 15 is 0 Å². The van der Waals surface area contributed by atoms with E-state index in [2.05, 4.69) is 15.3 Å². The number of phenolic OH excluding ortho intramolecular Hbond substituents is 1. The lowest BCUT2D eigenvalue weighted by Crippen LogP contribution is -1.97. The third-order valence-corrected chi connectivity index (χ3v) is 4.14. The molecule has 2 aromatic carbocycles. The van der Waals surface area contributed by atoms with Crippen LogP contribution in [0.4, 0.5) is 0 Å². The van der Waals surface area contributed by atoms with Gasteiger partial charge in [-0.05, 0) is 43.4 Å². The van der Waals surface area contributed by atoms with Gasteiger partial charge in [-0.3, -0.25) is 0 Å². The molecule has 28 heavy (non-hydrogen) atoms. The van der Waals surface area contributed by atoms with Gasteiger partial charge < -0.3 is 19.3 Å². The number of nitrogens with zero attached hydrogens (tertiary/aromatic N) is 3. The number of benzene rings is 2. The molecular weight excluding hydrogens is 380 g/mol. The highest BCUT2D eigenvalue weighted by atomic mass is 32.1. The molecule has 0 atom stereocenters. The highest BCUT2D eigenvalue weighted by molar-refractivity contribution is 7.71. The summed E-state index contributed by atoms with van der Waals surface area (Å²) < 4.78 is 17.7. The van der Waals surface area contributed by atoms with E-state index in [-0.39, 0.29) is 17.2 Å². The third kappa shape index (κ3) is 3.99. The molecule has 0 spiro atoms. The minimum absolute atomic E-state index is 0.0736. The molecule has 146 valence electrons. The van der Waals surface area contributed by atoms with Crippen LogP contribution in [0.15, 0.2) is 41.5 Å². The monoisotopic (exact) mass is 400 g/mol. The molecule has 3 aromatic rings. The highest BCUT2D eigenvalue weighted by Gasteiger charge is 2.12. The van der Waals surface area contributed by atoms with Gasteiger partial charge in [0.25, 0.3) is 0 Å². The number of aromatic nitrogens is 3. The van der Waals surface area contributed by atoms with Crippen LogP contribution in [0.2, 0.25) is 0 Å². The van der Waals surface area contributed by atoms with Gasteiger partial charge in [-0.2, -0.15) is 14.9 Å². The zero-order chi connectivity index (χ0) is 20.1. The molecule has 0 bridgehead atoms. The quantitative estimate of drug-likeness (QED) is 0.465. The summed E-state index contributed by atoms with van der Waals surface area (Å²) in [6.07, 6.45) is 1.58. The Hall–Kier alpha value is -3.33. The number of hydrogen-bond acceptors (Lipinski definition) is 7. The number of methoxy groups -OCH3 is 2. The van der Waals surface area contributed by atoms with Crippen LogP contribution in [0, 0.1) is 4.77 Å². The van der Waals surface area contributed by atoms with E-state index in [1.807, 2.05) is 31.2 Å². The Labute approximate surface area is 167 Å². The summed E-state index contributed by atoms with van der Waals surface area (Å²) in [5.41, 5.74) is 1.46. The molecule has 0 aliphatic carbocycles. The van der Waals surface area contributed by atoms with Crippen molar-refractivity contribution in [3.8, 4) is 34.4 Å². The second-order valence-corrected chi connectivity index (χ2v) is 6.03. The molecule has 0 saturated carbocycles. The zero-order valence-electron chi connectivity index (χ0n) is 15.7. The van der Waals surface area contributed by atoms with Crippen LogP contribution in [0.1, 0.15) is 12.5 Å². The van der Waals surface area contributed by atoms with Crippen molar-refractivity contribution in [3.05, 3.63) is 46.7 Å². The zero-order valence-corrected chi connectivity index (χ0v) is 16.5. The van der Waals surface area contributed by atoms with Crippen LogP contribution >= 0.6 is 12.2 Å². The van der Waals surface area contributed by atoms with Crippen LogP contribution in [0.3, 0.4) is 0 Å². The van der Waals surface area contributed by atoms with Crippen LogP contribution < -0.4 is 14.2 Å². The van der Waals surface area contributed by atoms with Gasteiger partial charge in [0.1, 0.15) is 5.75 Å². The number of H-pyrrole nitrogens is 1. The summed E-state index contributed by atoms with van der Waals surface area (Å²) in [6, 6.07) is 10.8. The molecule has 0 amide bonds. The van der Waals surface area contributed by atoms with Gasteiger partial charge in [-0.25, -0.2) is 5.10 Å². The lowest BCUT2D eigenvalue weighted by Gasteiger charge is -2.09. The van der Waals surface area contributed by atoms with Crippen molar-refractivity contribution in [3.63, 3.8) is 0 Å².